The minimum atomic E-state index is 0.420. The van der Waals surface area contributed by atoms with Crippen LogP contribution in [-0.2, 0) is 6.54 Å². The van der Waals surface area contributed by atoms with Gasteiger partial charge in [0.25, 0.3) is 0 Å². The van der Waals surface area contributed by atoms with Crippen LogP contribution in [0.2, 0.25) is 0 Å². The summed E-state index contributed by atoms with van der Waals surface area (Å²) in [7, 11) is 0. The Morgan fingerprint density at radius 2 is 2.10 bits per heavy atom. The highest BCUT2D eigenvalue weighted by atomic mass is 79.9. The second kappa shape index (κ2) is 7.15. The van der Waals surface area contributed by atoms with Crippen LogP contribution in [-0.4, -0.2) is 19.6 Å². The number of hydrogen-bond donors (Lipinski definition) is 1. The van der Waals surface area contributed by atoms with Gasteiger partial charge in [0.1, 0.15) is 0 Å². The molecule has 0 aliphatic carbocycles. The summed E-state index contributed by atoms with van der Waals surface area (Å²) in [6.07, 6.45) is 2.62. The first-order valence-corrected chi connectivity index (χ1v) is 8.91. The molecule has 1 saturated heterocycles. The Hall–Kier alpha value is -0.540. The smallest absolute Gasteiger partial charge is 0.0423 e. The molecule has 0 bridgehead atoms. The maximum Gasteiger partial charge on any atom is 0.0423 e. The SMILES string of the molecule is CC(C)CNCc1ccc(Br)cc1N1CCCC(C)(C)C1. The van der Waals surface area contributed by atoms with Gasteiger partial charge in [-0.2, -0.15) is 0 Å². The van der Waals surface area contributed by atoms with Crippen LogP contribution in [0.4, 0.5) is 5.69 Å². The van der Waals surface area contributed by atoms with Crippen molar-refractivity contribution >= 4 is 21.6 Å². The Morgan fingerprint density at radius 3 is 2.76 bits per heavy atom. The van der Waals surface area contributed by atoms with E-state index in [0.29, 0.717) is 11.3 Å². The summed E-state index contributed by atoms with van der Waals surface area (Å²) in [4.78, 5) is 2.57. The summed E-state index contributed by atoms with van der Waals surface area (Å²) >= 11 is 3.64. The van der Waals surface area contributed by atoms with Gasteiger partial charge in [0, 0.05) is 29.8 Å². The number of benzene rings is 1. The molecule has 1 N–H and O–H groups in total. The molecular weight excluding hydrogens is 324 g/mol. The molecule has 1 aliphatic rings. The summed E-state index contributed by atoms with van der Waals surface area (Å²) in [6.45, 7) is 13.6. The Balaban J connectivity index is 2.14. The van der Waals surface area contributed by atoms with Crippen molar-refractivity contribution in [3.8, 4) is 0 Å². The van der Waals surface area contributed by atoms with E-state index in [0.717, 1.165) is 19.6 Å². The maximum atomic E-state index is 3.64. The summed E-state index contributed by atoms with van der Waals surface area (Å²) < 4.78 is 1.17. The molecule has 0 amide bonds. The Labute approximate surface area is 138 Å². The van der Waals surface area contributed by atoms with Gasteiger partial charge in [-0.3, -0.25) is 0 Å². The molecule has 21 heavy (non-hydrogen) atoms. The lowest BCUT2D eigenvalue weighted by molar-refractivity contribution is 0.293. The fourth-order valence-corrected chi connectivity index (χ4v) is 3.45. The van der Waals surface area contributed by atoms with Gasteiger partial charge in [-0.1, -0.05) is 49.7 Å². The lowest BCUT2D eigenvalue weighted by Crippen LogP contribution is -2.40. The molecule has 0 aromatic heterocycles. The normalized spacial score (nSPS) is 18.3. The van der Waals surface area contributed by atoms with Gasteiger partial charge in [-0.15, -0.1) is 0 Å². The second-order valence-corrected chi connectivity index (χ2v) is 8.40. The lowest BCUT2D eigenvalue weighted by atomic mass is 9.84. The Kier molecular flexibility index (Phi) is 5.73. The van der Waals surface area contributed by atoms with Crippen LogP contribution in [0, 0.1) is 11.3 Å². The third-order valence-corrected chi connectivity index (χ3v) is 4.65. The van der Waals surface area contributed by atoms with Crippen LogP contribution in [0.15, 0.2) is 22.7 Å². The van der Waals surface area contributed by atoms with Crippen LogP contribution >= 0.6 is 15.9 Å². The first-order valence-electron chi connectivity index (χ1n) is 8.11. The fourth-order valence-electron chi connectivity index (χ4n) is 3.11. The summed E-state index contributed by atoms with van der Waals surface area (Å²) in [5.41, 5.74) is 3.23. The highest BCUT2D eigenvalue weighted by molar-refractivity contribution is 9.10. The minimum Gasteiger partial charge on any atom is -0.371 e. The van der Waals surface area contributed by atoms with Gasteiger partial charge in [-0.05, 0) is 48.4 Å². The van der Waals surface area contributed by atoms with E-state index in [1.165, 1.54) is 35.1 Å². The van der Waals surface area contributed by atoms with E-state index in [1.54, 1.807) is 0 Å². The summed E-state index contributed by atoms with van der Waals surface area (Å²) in [5, 5.41) is 3.58. The van der Waals surface area contributed by atoms with Crippen molar-refractivity contribution in [3.63, 3.8) is 0 Å². The van der Waals surface area contributed by atoms with Gasteiger partial charge in [0.15, 0.2) is 0 Å². The molecule has 2 nitrogen and oxygen atoms in total. The molecule has 2 rings (SSSR count). The van der Waals surface area contributed by atoms with E-state index in [9.17, 15) is 0 Å². The topological polar surface area (TPSA) is 15.3 Å². The third kappa shape index (κ3) is 5.00. The van der Waals surface area contributed by atoms with Gasteiger partial charge >= 0.3 is 0 Å². The molecule has 1 aromatic carbocycles. The molecule has 1 aromatic rings. The molecule has 1 aliphatic heterocycles. The zero-order valence-corrected chi connectivity index (χ0v) is 15.5. The molecule has 0 unspecified atom stereocenters. The standard InChI is InChI=1S/C18H29BrN2/c1-14(2)11-20-12-15-6-7-16(19)10-17(15)21-9-5-8-18(3,4)13-21/h6-7,10,14,20H,5,8-9,11-13H2,1-4H3. The predicted molar refractivity (Wildman–Crippen MR) is 95.9 cm³/mol. The molecule has 0 saturated carbocycles. The van der Waals surface area contributed by atoms with Crippen molar-refractivity contribution in [1.29, 1.82) is 0 Å². The van der Waals surface area contributed by atoms with E-state index in [-0.39, 0.29) is 0 Å². The van der Waals surface area contributed by atoms with E-state index in [4.69, 9.17) is 0 Å². The first kappa shape index (κ1) is 16.8. The zero-order chi connectivity index (χ0) is 15.5. The number of nitrogens with one attached hydrogen (secondary N) is 1. The van der Waals surface area contributed by atoms with E-state index in [2.05, 4.69) is 72.0 Å². The minimum absolute atomic E-state index is 0.420. The average molecular weight is 353 g/mol. The molecule has 3 heteroatoms. The van der Waals surface area contributed by atoms with Crippen molar-refractivity contribution in [2.45, 2.75) is 47.1 Å². The highest BCUT2D eigenvalue weighted by Gasteiger charge is 2.27. The molecule has 1 heterocycles. The van der Waals surface area contributed by atoms with Gasteiger partial charge in [-0.25, -0.2) is 0 Å². The Morgan fingerprint density at radius 1 is 1.33 bits per heavy atom. The summed E-state index contributed by atoms with van der Waals surface area (Å²) in [5.74, 6) is 0.692. The Bertz CT molecular complexity index is 468. The molecule has 0 atom stereocenters. The van der Waals surface area contributed by atoms with E-state index < -0.39 is 0 Å². The maximum absolute atomic E-state index is 3.64. The van der Waals surface area contributed by atoms with Crippen molar-refractivity contribution in [2.24, 2.45) is 11.3 Å². The number of anilines is 1. The van der Waals surface area contributed by atoms with Crippen LogP contribution < -0.4 is 10.2 Å². The highest BCUT2D eigenvalue weighted by Crippen LogP contribution is 2.34. The van der Waals surface area contributed by atoms with Gasteiger partial charge in [0.05, 0.1) is 0 Å². The molecule has 0 spiro atoms. The van der Waals surface area contributed by atoms with Crippen LogP contribution in [0.25, 0.3) is 0 Å². The van der Waals surface area contributed by atoms with Crippen LogP contribution in [0.5, 0.6) is 0 Å². The second-order valence-electron chi connectivity index (χ2n) is 7.49. The number of hydrogen-bond acceptors (Lipinski definition) is 2. The van der Waals surface area contributed by atoms with Crippen LogP contribution in [0.1, 0.15) is 46.1 Å². The van der Waals surface area contributed by atoms with Gasteiger partial charge in [0.2, 0.25) is 0 Å². The first-order chi connectivity index (χ1) is 9.87. The molecule has 1 fully saturated rings. The largest absolute Gasteiger partial charge is 0.371 e. The number of rotatable bonds is 5. The number of halogens is 1. The lowest BCUT2D eigenvalue weighted by Gasteiger charge is -2.40. The number of piperidine rings is 1. The average Bonchev–Trinajstić information content (AvgIpc) is 2.39. The van der Waals surface area contributed by atoms with Crippen molar-refractivity contribution in [2.75, 3.05) is 24.5 Å². The molecule has 118 valence electrons. The number of nitrogens with zero attached hydrogens (tertiary/aromatic N) is 1. The fraction of sp³-hybridized carbons (Fsp3) is 0.667. The predicted octanol–water partition coefficient (Wildman–Crippen LogP) is 4.82. The van der Waals surface area contributed by atoms with Crippen molar-refractivity contribution in [1.82, 2.24) is 5.32 Å². The molecular formula is C18H29BrN2. The third-order valence-electron chi connectivity index (χ3n) is 4.16. The quantitative estimate of drug-likeness (QED) is 0.816. The summed E-state index contributed by atoms with van der Waals surface area (Å²) in [6, 6.07) is 6.70. The zero-order valence-electron chi connectivity index (χ0n) is 13.9. The van der Waals surface area contributed by atoms with Crippen LogP contribution in [0.3, 0.4) is 0 Å². The van der Waals surface area contributed by atoms with Gasteiger partial charge < -0.3 is 10.2 Å². The van der Waals surface area contributed by atoms with Crippen molar-refractivity contribution in [3.05, 3.63) is 28.2 Å². The van der Waals surface area contributed by atoms with E-state index in [1.807, 2.05) is 0 Å². The van der Waals surface area contributed by atoms with E-state index >= 15 is 0 Å². The van der Waals surface area contributed by atoms with Crippen molar-refractivity contribution < 1.29 is 0 Å². The molecule has 0 radical (unpaired) electrons. The monoisotopic (exact) mass is 352 g/mol.